The van der Waals surface area contributed by atoms with Gasteiger partial charge in [0.05, 0.1) is 0 Å². The zero-order chi connectivity index (χ0) is 19.8. The van der Waals surface area contributed by atoms with Crippen molar-refractivity contribution in [2.24, 2.45) is 0 Å². The summed E-state index contributed by atoms with van der Waals surface area (Å²) >= 11 is 8.18. The van der Waals surface area contributed by atoms with Crippen molar-refractivity contribution in [3.63, 3.8) is 0 Å². The molecule has 5 aromatic carbocycles. The molecule has 1 aliphatic rings. The predicted octanol–water partition coefficient (Wildman–Crippen LogP) is 9.18. The van der Waals surface area contributed by atoms with Crippen LogP contribution in [-0.2, 0) is 0 Å². The first-order valence-corrected chi connectivity index (χ1v) is 11.2. The summed E-state index contributed by atoms with van der Waals surface area (Å²) in [7, 11) is 0. The second kappa shape index (κ2) is 5.95. The molecule has 6 aromatic rings. The summed E-state index contributed by atoms with van der Waals surface area (Å²) < 4.78 is 2.72. The van der Waals surface area contributed by atoms with Gasteiger partial charge in [-0.2, -0.15) is 0 Å². The van der Waals surface area contributed by atoms with Crippen LogP contribution in [0.2, 0.25) is 5.02 Å². The molecule has 2 heteroatoms. The zero-order valence-electron chi connectivity index (χ0n) is 15.9. The molecule has 30 heavy (non-hydrogen) atoms. The fourth-order valence-electron chi connectivity index (χ4n) is 4.98. The van der Waals surface area contributed by atoms with Crippen LogP contribution in [0.15, 0.2) is 91.0 Å². The van der Waals surface area contributed by atoms with Gasteiger partial charge in [-0.15, -0.1) is 11.3 Å². The van der Waals surface area contributed by atoms with Crippen LogP contribution >= 0.6 is 22.9 Å². The first-order valence-electron chi connectivity index (χ1n) is 10.1. The average Bonchev–Trinajstić information content (AvgIpc) is 3.11. The Morgan fingerprint density at radius 2 is 1.27 bits per heavy atom. The molecule has 140 valence electrons. The second-order valence-electron chi connectivity index (χ2n) is 7.89. The summed E-state index contributed by atoms with van der Waals surface area (Å²) in [6.45, 7) is 0. The molecule has 0 N–H and O–H groups in total. The first-order chi connectivity index (χ1) is 14.8. The van der Waals surface area contributed by atoms with Crippen LogP contribution in [0, 0.1) is 0 Å². The third-order valence-electron chi connectivity index (χ3n) is 6.26. The summed E-state index contributed by atoms with van der Waals surface area (Å²) in [5.41, 5.74) is 7.57. The number of rotatable bonds is 1. The van der Waals surface area contributed by atoms with Crippen LogP contribution in [0.5, 0.6) is 0 Å². The van der Waals surface area contributed by atoms with Gasteiger partial charge in [-0.25, -0.2) is 0 Å². The Morgan fingerprint density at radius 1 is 0.500 bits per heavy atom. The van der Waals surface area contributed by atoms with Gasteiger partial charge in [0.25, 0.3) is 0 Å². The highest BCUT2D eigenvalue weighted by molar-refractivity contribution is 7.26. The van der Waals surface area contributed by atoms with Crippen LogP contribution in [0.1, 0.15) is 0 Å². The van der Waals surface area contributed by atoms with E-state index in [0.29, 0.717) is 0 Å². The van der Waals surface area contributed by atoms with E-state index in [1.807, 2.05) is 29.5 Å². The SMILES string of the molecule is Clc1cccc(-c2ccc3c(c2)-c2cccc4ccc5sc6cccc-3c6c5c24)c1. The van der Waals surface area contributed by atoms with Gasteiger partial charge in [-0.05, 0) is 74.5 Å². The normalized spacial score (nSPS) is 12.2. The Labute approximate surface area is 183 Å². The van der Waals surface area contributed by atoms with Crippen LogP contribution in [0.4, 0.5) is 0 Å². The number of thiophene rings is 1. The first kappa shape index (κ1) is 16.6. The highest BCUT2D eigenvalue weighted by Crippen LogP contribution is 2.51. The molecule has 7 rings (SSSR count). The number of hydrogen-bond donors (Lipinski definition) is 0. The molecule has 0 aliphatic heterocycles. The molecule has 0 bridgehead atoms. The molecule has 0 saturated heterocycles. The lowest BCUT2D eigenvalue weighted by atomic mass is 9.90. The Bertz CT molecular complexity index is 1660. The van der Waals surface area contributed by atoms with Crippen LogP contribution < -0.4 is 0 Å². The van der Waals surface area contributed by atoms with Gasteiger partial charge in [0.1, 0.15) is 0 Å². The summed E-state index contributed by atoms with van der Waals surface area (Å²) in [6, 6.07) is 32.9. The van der Waals surface area contributed by atoms with Crippen molar-refractivity contribution in [3.05, 3.63) is 96.0 Å². The Hall–Kier alpha value is -3.13. The van der Waals surface area contributed by atoms with Gasteiger partial charge in [0, 0.05) is 25.2 Å². The summed E-state index contributed by atoms with van der Waals surface area (Å²) in [4.78, 5) is 0. The van der Waals surface area contributed by atoms with E-state index in [-0.39, 0.29) is 0 Å². The van der Waals surface area contributed by atoms with Crippen molar-refractivity contribution in [2.75, 3.05) is 0 Å². The molecule has 0 nitrogen and oxygen atoms in total. The fourth-order valence-corrected chi connectivity index (χ4v) is 6.31. The molecule has 1 aromatic heterocycles. The van der Waals surface area contributed by atoms with Gasteiger partial charge >= 0.3 is 0 Å². The smallest absolute Gasteiger partial charge is 0.0412 e. The van der Waals surface area contributed by atoms with Gasteiger partial charge in [-0.1, -0.05) is 72.3 Å². The Morgan fingerprint density at radius 3 is 2.17 bits per heavy atom. The van der Waals surface area contributed by atoms with Crippen LogP contribution in [-0.4, -0.2) is 0 Å². The number of hydrogen-bond acceptors (Lipinski definition) is 1. The highest BCUT2D eigenvalue weighted by Gasteiger charge is 2.22. The van der Waals surface area contributed by atoms with Gasteiger partial charge in [0.15, 0.2) is 0 Å². The molecule has 0 unspecified atom stereocenters. The van der Waals surface area contributed by atoms with Crippen molar-refractivity contribution < 1.29 is 0 Å². The third-order valence-corrected chi connectivity index (χ3v) is 7.62. The minimum absolute atomic E-state index is 0.765. The minimum Gasteiger partial charge on any atom is -0.135 e. The molecule has 0 fully saturated rings. The van der Waals surface area contributed by atoms with E-state index in [9.17, 15) is 0 Å². The number of halogens is 1. The number of benzene rings is 5. The Balaban J connectivity index is 1.68. The van der Waals surface area contributed by atoms with Crippen molar-refractivity contribution in [3.8, 4) is 33.4 Å². The van der Waals surface area contributed by atoms with Crippen LogP contribution in [0.3, 0.4) is 0 Å². The quantitative estimate of drug-likeness (QED) is 0.249. The third kappa shape index (κ3) is 2.17. The molecule has 0 spiro atoms. The largest absolute Gasteiger partial charge is 0.135 e. The van der Waals surface area contributed by atoms with E-state index in [4.69, 9.17) is 11.6 Å². The maximum atomic E-state index is 6.28. The summed E-state index contributed by atoms with van der Waals surface area (Å²) in [5.74, 6) is 0. The van der Waals surface area contributed by atoms with Crippen molar-refractivity contribution >= 4 is 53.9 Å². The Kier molecular flexibility index (Phi) is 3.30. The monoisotopic (exact) mass is 418 g/mol. The maximum absolute atomic E-state index is 6.28. The molecule has 0 amide bonds. The van der Waals surface area contributed by atoms with E-state index < -0.39 is 0 Å². The standard InChI is InChI=1S/C28H15ClS/c29-19-6-1-5-17(14-19)18-10-12-20-21-8-3-9-24-27(21)28-25(30-24)13-11-16-4-2-7-22(26(16)28)23(20)15-18/h1-15H. The number of fused-ring (bicyclic) bond motifs is 3. The second-order valence-corrected chi connectivity index (χ2v) is 9.41. The minimum atomic E-state index is 0.765. The molecule has 1 aliphatic carbocycles. The zero-order valence-corrected chi connectivity index (χ0v) is 17.5. The van der Waals surface area contributed by atoms with Crippen molar-refractivity contribution in [2.45, 2.75) is 0 Å². The lowest BCUT2D eigenvalue weighted by Gasteiger charge is -2.14. The predicted molar refractivity (Wildman–Crippen MR) is 132 cm³/mol. The van der Waals surface area contributed by atoms with E-state index in [0.717, 1.165) is 10.6 Å². The topological polar surface area (TPSA) is 0 Å². The molecule has 1 heterocycles. The molecule has 0 atom stereocenters. The fraction of sp³-hybridized carbons (Fsp3) is 0. The van der Waals surface area contributed by atoms with E-state index in [1.165, 1.54) is 58.8 Å². The molecular formula is C28H15ClS. The van der Waals surface area contributed by atoms with Gasteiger partial charge in [0.2, 0.25) is 0 Å². The van der Waals surface area contributed by atoms with E-state index in [1.54, 1.807) is 0 Å². The summed E-state index contributed by atoms with van der Waals surface area (Å²) in [5, 5.41) is 6.23. The molecule has 0 radical (unpaired) electrons. The summed E-state index contributed by atoms with van der Waals surface area (Å²) in [6.07, 6.45) is 0. The highest BCUT2D eigenvalue weighted by atomic mass is 35.5. The van der Waals surface area contributed by atoms with E-state index in [2.05, 4.69) is 72.8 Å². The van der Waals surface area contributed by atoms with Crippen molar-refractivity contribution in [1.29, 1.82) is 0 Å². The van der Waals surface area contributed by atoms with Crippen molar-refractivity contribution in [1.82, 2.24) is 0 Å². The van der Waals surface area contributed by atoms with Gasteiger partial charge < -0.3 is 0 Å². The van der Waals surface area contributed by atoms with Gasteiger partial charge in [-0.3, -0.25) is 0 Å². The van der Waals surface area contributed by atoms with Crippen LogP contribution in [0.25, 0.3) is 64.3 Å². The molecular weight excluding hydrogens is 404 g/mol. The average molecular weight is 419 g/mol. The maximum Gasteiger partial charge on any atom is 0.0412 e. The lowest BCUT2D eigenvalue weighted by molar-refractivity contribution is 1.60. The van der Waals surface area contributed by atoms with E-state index >= 15 is 0 Å². The lowest BCUT2D eigenvalue weighted by Crippen LogP contribution is -1.87. The molecule has 0 saturated carbocycles.